The number of halogens is 1. The van der Waals surface area contributed by atoms with Gasteiger partial charge < -0.3 is 30.4 Å². The maximum Gasteiger partial charge on any atom is 0.257 e. The Balaban J connectivity index is 1.30. The van der Waals surface area contributed by atoms with Gasteiger partial charge in [-0.05, 0) is 115 Å². The van der Waals surface area contributed by atoms with E-state index >= 15 is 0 Å². The summed E-state index contributed by atoms with van der Waals surface area (Å²) in [4.78, 5) is 57.6. The number of ether oxygens (including phenoxy) is 1. The monoisotopic (exact) mass is 716 g/mol. The second kappa shape index (κ2) is 15.6. The Labute approximate surface area is 286 Å². The van der Waals surface area contributed by atoms with E-state index in [0.29, 0.717) is 50.0 Å². The molecule has 1 unspecified atom stereocenters. The van der Waals surface area contributed by atoms with E-state index in [1.807, 2.05) is 37.3 Å². The van der Waals surface area contributed by atoms with Crippen LogP contribution in [0.4, 0.5) is 5.69 Å². The van der Waals surface area contributed by atoms with Gasteiger partial charge in [-0.15, -0.1) is 0 Å². The molecular weight excluding hydrogens is 680 g/mol. The van der Waals surface area contributed by atoms with Gasteiger partial charge in [-0.25, -0.2) is 4.99 Å². The maximum atomic E-state index is 13.7. The highest BCUT2D eigenvalue weighted by atomic mass is 79.9. The van der Waals surface area contributed by atoms with Crippen LogP contribution in [0.25, 0.3) is 11.0 Å². The van der Waals surface area contributed by atoms with Gasteiger partial charge in [-0.1, -0.05) is 6.07 Å². The van der Waals surface area contributed by atoms with Crippen LogP contribution in [0.15, 0.2) is 80.6 Å². The Morgan fingerprint density at radius 1 is 1.04 bits per heavy atom. The van der Waals surface area contributed by atoms with E-state index in [1.165, 1.54) is 29.2 Å². The molecule has 13 heteroatoms. The number of hydrogen-bond acceptors (Lipinski definition) is 7. The normalized spacial score (nSPS) is 15.1. The molecule has 1 aromatic heterocycles. The van der Waals surface area contributed by atoms with Crippen LogP contribution in [-0.2, 0) is 16.0 Å². The van der Waals surface area contributed by atoms with E-state index in [0.717, 1.165) is 26.9 Å². The zero-order chi connectivity index (χ0) is 34.2. The fraction of sp³-hybridized carbons (Fsp3) is 0.286. The lowest BCUT2D eigenvalue weighted by atomic mass is 10.1. The Morgan fingerprint density at radius 2 is 1.81 bits per heavy atom. The first-order valence-electron chi connectivity index (χ1n) is 15.5. The number of primary amides is 1. The van der Waals surface area contributed by atoms with Crippen molar-refractivity contribution in [3.63, 3.8) is 0 Å². The second-order valence-corrected chi connectivity index (χ2v) is 12.3. The number of anilines is 1. The summed E-state index contributed by atoms with van der Waals surface area (Å²) in [6, 6.07) is 18.1. The molecule has 0 aliphatic carbocycles. The number of carbonyl (C=O) groups excluding carboxylic acids is 4. The van der Waals surface area contributed by atoms with Crippen LogP contribution in [-0.4, -0.2) is 67.3 Å². The van der Waals surface area contributed by atoms with Crippen molar-refractivity contribution >= 4 is 62.2 Å². The van der Waals surface area contributed by atoms with Crippen molar-refractivity contribution < 1.29 is 28.3 Å². The van der Waals surface area contributed by atoms with Gasteiger partial charge in [0.2, 0.25) is 23.7 Å². The van der Waals surface area contributed by atoms with E-state index in [2.05, 4.69) is 36.9 Å². The zero-order valence-corrected chi connectivity index (χ0v) is 28.3. The summed E-state index contributed by atoms with van der Waals surface area (Å²) in [5.74, 6) is -0.132. The highest BCUT2D eigenvalue weighted by molar-refractivity contribution is 9.10. The van der Waals surface area contributed by atoms with Crippen molar-refractivity contribution in [3.05, 3.63) is 93.7 Å². The number of rotatable bonds is 10. The summed E-state index contributed by atoms with van der Waals surface area (Å²) in [7, 11) is 1.60. The summed E-state index contributed by atoms with van der Waals surface area (Å²) in [5, 5.41) is 9.69. The van der Waals surface area contributed by atoms with Crippen molar-refractivity contribution in [2.24, 2.45) is 10.7 Å². The number of guanidine groups is 1. The van der Waals surface area contributed by atoms with Gasteiger partial charge in [-0.3, -0.25) is 24.5 Å². The van der Waals surface area contributed by atoms with Gasteiger partial charge in [0.1, 0.15) is 23.1 Å². The number of nitrogens with zero attached hydrogens (tertiary/aromatic N) is 2. The molecule has 2 heterocycles. The highest BCUT2D eigenvalue weighted by Crippen LogP contribution is 2.26. The first-order valence-corrected chi connectivity index (χ1v) is 16.3. The number of aliphatic imine (C=N–C) groups is 1. The van der Waals surface area contributed by atoms with E-state index in [-0.39, 0.29) is 35.4 Å². The van der Waals surface area contributed by atoms with Crippen molar-refractivity contribution in [3.8, 4) is 5.75 Å². The Morgan fingerprint density at radius 3 is 2.54 bits per heavy atom. The predicted octanol–water partition coefficient (Wildman–Crippen LogP) is 4.55. The number of nitrogens with one attached hydrogen (secondary N) is 3. The molecule has 48 heavy (non-hydrogen) atoms. The number of furan rings is 1. The summed E-state index contributed by atoms with van der Waals surface area (Å²) in [6.45, 7) is 2.58. The van der Waals surface area contributed by atoms with Crippen molar-refractivity contribution in [1.29, 1.82) is 0 Å². The lowest BCUT2D eigenvalue weighted by Crippen LogP contribution is -2.45. The van der Waals surface area contributed by atoms with Gasteiger partial charge in [0.05, 0.1) is 18.1 Å². The quantitative estimate of drug-likeness (QED) is 0.138. The highest BCUT2D eigenvalue weighted by Gasteiger charge is 2.29. The summed E-state index contributed by atoms with van der Waals surface area (Å²) in [5.41, 5.74) is 8.22. The van der Waals surface area contributed by atoms with Crippen LogP contribution >= 0.6 is 15.9 Å². The Kier molecular flexibility index (Phi) is 11.1. The van der Waals surface area contributed by atoms with Crippen molar-refractivity contribution in [1.82, 2.24) is 15.5 Å². The van der Waals surface area contributed by atoms with Gasteiger partial charge in [0.15, 0.2) is 0 Å². The number of amides is 4. The molecule has 5 N–H and O–H groups in total. The topological polar surface area (TPSA) is 168 Å². The third kappa shape index (κ3) is 8.79. The second-order valence-electron chi connectivity index (χ2n) is 11.4. The fourth-order valence-electron chi connectivity index (χ4n) is 5.41. The number of hydrogen-bond donors (Lipinski definition) is 4. The van der Waals surface area contributed by atoms with Crippen LogP contribution in [0.3, 0.4) is 0 Å². The lowest BCUT2D eigenvalue weighted by molar-refractivity contribution is -0.136. The molecule has 1 aliphatic heterocycles. The molecule has 0 radical (unpaired) electrons. The summed E-state index contributed by atoms with van der Waals surface area (Å²) in [6.07, 6.45) is 2.47. The van der Waals surface area contributed by atoms with E-state index in [4.69, 9.17) is 14.9 Å². The standard InChI is InChI=1S/C35H37BrN6O6/c1-21-17-25-19-26(11-13-29(25)48-21)39-35(41-33(45)24-9-7-23(8-10-24)32(37)44)40-28-5-3-4-16-42(34(28)46)20-31(43)38-15-14-22-6-12-30(47-2)27(36)18-22/h6-13,17-19,28H,3-5,14-16,20H2,1-2H3,(H2,37,44)(H,38,43)(H2,39,40,41,45). The molecule has 12 nitrogen and oxygen atoms in total. The fourth-order valence-corrected chi connectivity index (χ4v) is 6.00. The molecular formula is C35H37BrN6O6. The molecule has 0 bridgehead atoms. The van der Waals surface area contributed by atoms with Crippen LogP contribution in [0.5, 0.6) is 5.75 Å². The van der Waals surface area contributed by atoms with E-state index in [1.54, 1.807) is 19.2 Å². The molecule has 1 atom stereocenters. The average Bonchev–Trinajstić information content (AvgIpc) is 3.35. The maximum absolute atomic E-state index is 13.7. The molecule has 4 aromatic rings. The first kappa shape index (κ1) is 34.2. The minimum Gasteiger partial charge on any atom is -0.496 e. The lowest BCUT2D eigenvalue weighted by Gasteiger charge is -2.23. The minimum absolute atomic E-state index is 0.0637. The molecule has 5 rings (SSSR count). The van der Waals surface area contributed by atoms with Crippen LogP contribution < -0.4 is 26.4 Å². The van der Waals surface area contributed by atoms with Crippen molar-refractivity contribution in [2.75, 3.05) is 32.1 Å². The number of fused-ring (bicyclic) bond motifs is 1. The molecule has 1 saturated heterocycles. The Hall–Kier alpha value is -5.17. The number of aryl methyl sites for hydroxylation is 1. The predicted molar refractivity (Wildman–Crippen MR) is 186 cm³/mol. The number of carbonyl (C=O) groups is 4. The van der Waals surface area contributed by atoms with Gasteiger partial charge >= 0.3 is 0 Å². The Bertz CT molecular complexity index is 1850. The van der Waals surface area contributed by atoms with Crippen LogP contribution in [0.1, 0.15) is 51.3 Å². The zero-order valence-electron chi connectivity index (χ0n) is 26.7. The van der Waals surface area contributed by atoms with Gasteiger partial charge in [0.25, 0.3) is 5.91 Å². The molecule has 1 aliphatic rings. The smallest absolute Gasteiger partial charge is 0.257 e. The third-order valence-corrected chi connectivity index (χ3v) is 8.51. The molecule has 3 aromatic carbocycles. The molecule has 0 saturated carbocycles. The molecule has 0 spiro atoms. The number of likely N-dealkylation sites (tertiary alicyclic amines) is 1. The van der Waals surface area contributed by atoms with Crippen LogP contribution in [0, 0.1) is 6.92 Å². The van der Waals surface area contributed by atoms with Gasteiger partial charge in [-0.2, -0.15) is 0 Å². The third-order valence-electron chi connectivity index (χ3n) is 7.89. The number of nitrogens with two attached hydrogens (primary N) is 1. The number of benzene rings is 3. The SMILES string of the molecule is COc1ccc(CCNC(=O)CN2CCCCC(N=C(NC(=O)c3ccc(C(N)=O)cc3)Nc3ccc4oc(C)cc4c3)C2=O)cc1Br. The first-order chi connectivity index (χ1) is 23.1. The molecule has 4 amide bonds. The molecule has 1 fully saturated rings. The van der Waals surface area contributed by atoms with Gasteiger partial charge in [0, 0.05) is 35.3 Å². The largest absolute Gasteiger partial charge is 0.496 e. The minimum atomic E-state index is -0.836. The summed E-state index contributed by atoms with van der Waals surface area (Å²) < 4.78 is 11.8. The van der Waals surface area contributed by atoms with Crippen LogP contribution in [0.2, 0.25) is 0 Å². The average molecular weight is 718 g/mol. The number of methoxy groups -OCH3 is 1. The van der Waals surface area contributed by atoms with E-state index in [9.17, 15) is 19.2 Å². The molecule has 250 valence electrons. The van der Waals surface area contributed by atoms with Crippen molar-refractivity contribution in [2.45, 2.75) is 38.6 Å². The van der Waals surface area contributed by atoms with E-state index < -0.39 is 17.9 Å². The summed E-state index contributed by atoms with van der Waals surface area (Å²) >= 11 is 3.48.